The first-order valence-electron chi connectivity index (χ1n) is 9.66. The highest BCUT2D eigenvalue weighted by molar-refractivity contribution is 6.00. The summed E-state index contributed by atoms with van der Waals surface area (Å²) >= 11 is 0. The molecule has 0 saturated heterocycles. The van der Waals surface area contributed by atoms with Crippen molar-refractivity contribution in [2.75, 3.05) is 24.3 Å². The molecule has 0 unspecified atom stereocenters. The summed E-state index contributed by atoms with van der Waals surface area (Å²) in [4.78, 5) is 42.7. The van der Waals surface area contributed by atoms with Crippen LogP contribution >= 0.6 is 0 Å². The predicted octanol–water partition coefficient (Wildman–Crippen LogP) is 2.05. The average molecular weight is 420 g/mol. The van der Waals surface area contributed by atoms with Gasteiger partial charge >= 0.3 is 0 Å². The minimum Gasteiger partial charge on any atom is -0.378 e. The minimum absolute atomic E-state index is 0.180. The van der Waals surface area contributed by atoms with E-state index in [-0.39, 0.29) is 12.3 Å². The molecule has 0 bridgehead atoms. The molecule has 3 rings (SSSR count). The molecule has 9 nitrogen and oxygen atoms in total. The number of aromatic nitrogens is 2. The van der Waals surface area contributed by atoms with Gasteiger partial charge in [-0.3, -0.25) is 25.2 Å². The lowest BCUT2D eigenvalue weighted by atomic mass is 10.2. The Hall–Kier alpha value is -4.14. The zero-order valence-electron chi connectivity index (χ0n) is 17.3. The smallest absolute Gasteiger partial charge is 0.269 e. The minimum atomic E-state index is -0.494. The number of hydrogen-bond acceptors (Lipinski definition) is 5. The van der Waals surface area contributed by atoms with Crippen LogP contribution in [0.3, 0.4) is 0 Å². The summed E-state index contributed by atoms with van der Waals surface area (Å²) in [6.07, 6.45) is 5.35. The Bertz CT molecular complexity index is 1060. The Morgan fingerprint density at radius 1 is 0.968 bits per heavy atom. The highest BCUT2D eigenvalue weighted by Gasteiger charge is 2.11. The van der Waals surface area contributed by atoms with Crippen molar-refractivity contribution >= 4 is 29.1 Å². The lowest BCUT2D eigenvalue weighted by Crippen LogP contribution is -2.41. The van der Waals surface area contributed by atoms with E-state index in [1.165, 1.54) is 0 Å². The van der Waals surface area contributed by atoms with Gasteiger partial charge in [0.05, 0.1) is 6.33 Å². The van der Waals surface area contributed by atoms with Gasteiger partial charge in [0, 0.05) is 62.0 Å². The van der Waals surface area contributed by atoms with Crippen molar-refractivity contribution in [2.45, 2.75) is 13.0 Å². The highest BCUT2D eigenvalue weighted by Crippen LogP contribution is 2.13. The van der Waals surface area contributed by atoms with Crippen LogP contribution in [0.2, 0.25) is 0 Å². The number of carbonyl (C=O) groups is 3. The summed E-state index contributed by atoms with van der Waals surface area (Å²) in [6, 6.07) is 13.5. The molecular weight excluding hydrogens is 396 g/mol. The Morgan fingerprint density at radius 2 is 1.65 bits per heavy atom. The van der Waals surface area contributed by atoms with Gasteiger partial charge in [-0.15, -0.1) is 0 Å². The summed E-state index contributed by atoms with van der Waals surface area (Å²) in [5.41, 5.74) is 6.89. The van der Waals surface area contributed by atoms with Gasteiger partial charge in [0.15, 0.2) is 0 Å². The van der Waals surface area contributed by atoms with Gasteiger partial charge in [0.1, 0.15) is 0 Å². The third kappa shape index (κ3) is 6.17. The van der Waals surface area contributed by atoms with Crippen molar-refractivity contribution in [3.8, 4) is 0 Å². The second kappa shape index (κ2) is 10.1. The summed E-state index contributed by atoms with van der Waals surface area (Å²) in [5.74, 6) is -1.10. The zero-order chi connectivity index (χ0) is 22.2. The monoisotopic (exact) mass is 420 g/mol. The van der Waals surface area contributed by atoms with Crippen molar-refractivity contribution < 1.29 is 14.4 Å². The van der Waals surface area contributed by atoms with Crippen molar-refractivity contribution in [2.24, 2.45) is 0 Å². The number of aryl methyl sites for hydroxylation is 1. The number of anilines is 2. The van der Waals surface area contributed by atoms with Crippen LogP contribution in [0.15, 0.2) is 67.3 Å². The van der Waals surface area contributed by atoms with Crippen LogP contribution in [0.25, 0.3) is 0 Å². The molecule has 1 aromatic heterocycles. The molecule has 0 spiro atoms. The van der Waals surface area contributed by atoms with Gasteiger partial charge < -0.3 is 14.8 Å². The van der Waals surface area contributed by atoms with Gasteiger partial charge in [0.25, 0.3) is 11.8 Å². The first-order chi connectivity index (χ1) is 14.9. The normalized spacial score (nSPS) is 10.3. The highest BCUT2D eigenvalue weighted by atomic mass is 16.2. The van der Waals surface area contributed by atoms with Crippen molar-refractivity contribution in [1.29, 1.82) is 0 Å². The van der Waals surface area contributed by atoms with E-state index < -0.39 is 11.8 Å². The third-order valence-corrected chi connectivity index (χ3v) is 4.48. The Balaban J connectivity index is 1.54. The number of hydrazine groups is 1. The maximum atomic E-state index is 12.4. The molecule has 1 heterocycles. The van der Waals surface area contributed by atoms with Crippen molar-refractivity contribution in [1.82, 2.24) is 20.4 Å². The molecule has 3 N–H and O–H groups in total. The predicted molar refractivity (Wildman–Crippen MR) is 118 cm³/mol. The van der Waals surface area contributed by atoms with E-state index in [4.69, 9.17) is 0 Å². The molecule has 0 aliphatic heterocycles. The van der Waals surface area contributed by atoms with Crippen molar-refractivity contribution in [3.05, 3.63) is 78.4 Å². The number of rotatable bonds is 7. The molecular formula is C22H24N6O3. The number of nitrogens with one attached hydrogen (secondary N) is 3. The molecule has 9 heteroatoms. The van der Waals surface area contributed by atoms with Crippen molar-refractivity contribution in [3.63, 3.8) is 0 Å². The lowest BCUT2D eigenvalue weighted by Gasteiger charge is -2.14. The summed E-state index contributed by atoms with van der Waals surface area (Å²) < 4.78 is 1.81. The quantitative estimate of drug-likeness (QED) is 0.507. The molecule has 0 atom stereocenters. The molecule has 0 saturated carbocycles. The summed E-state index contributed by atoms with van der Waals surface area (Å²) in [6.45, 7) is 0.507. The Labute approximate surface area is 180 Å². The second-order valence-electron chi connectivity index (χ2n) is 7.03. The fourth-order valence-corrected chi connectivity index (χ4v) is 2.79. The molecule has 0 aliphatic rings. The molecule has 3 aromatic rings. The fraction of sp³-hybridized carbons (Fsp3) is 0.182. The van der Waals surface area contributed by atoms with E-state index in [9.17, 15) is 14.4 Å². The first-order valence-corrected chi connectivity index (χ1v) is 9.66. The molecule has 0 aliphatic carbocycles. The van der Waals surface area contributed by atoms with Crippen LogP contribution in [0.1, 0.15) is 27.1 Å². The van der Waals surface area contributed by atoms with E-state index in [1.807, 2.05) is 25.1 Å². The van der Waals surface area contributed by atoms with Crippen LogP contribution in [-0.4, -0.2) is 41.4 Å². The second-order valence-corrected chi connectivity index (χ2v) is 7.03. The van der Waals surface area contributed by atoms with Gasteiger partial charge in [-0.1, -0.05) is 12.1 Å². The maximum absolute atomic E-state index is 12.4. The number of benzene rings is 2. The van der Waals surface area contributed by atoms with E-state index in [0.717, 1.165) is 5.69 Å². The van der Waals surface area contributed by atoms with E-state index in [2.05, 4.69) is 21.2 Å². The summed E-state index contributed by atoms with van der Waals surface area (Å²) in [7, 11) is 3.75. The van der Waals surface area contributed by atoms with Crippen LogP contribution in [0, 0.1) is 0 Å². The average Bonchev–Trinajstić information content (AvgIpc) is 3.30. The van der Waals surface area contributed by atoms with Gasteiger partial charge in [-0.05, 0) is 36.4 Å². The number of imidazole rings is 1. The van der Waals surface area contributed by atoms with Gasteiger partial charge in [-0.2, -0.15) is 0 Å². The number of amides is 3. The SMILES string of the molecule is CN(C)c1cccc(C(=O)NNC(=O)c2cccc(NC(=O)CCn3ccnc3)c2)c1. The molecule has 3 amide bonds. The van der Waals surface area contributed by atoms with Crippen LogP contribution < -0.4 is 21.1 Å². The number of carbonyl (C=O) groups excluding carboxylic acids is 3. The van der Waals surface area contributed by atoms with Gasteiger partial charge in [0.2, 0.25) is 5.91 Å². The van der Waals surface area contributed by atoms with E-state index in [1.54, 1.807) is 65.8 Å². The Kier molecular flexibility index (Phi) is 7.00. The van der Waals surface area contributed by atoms with E-state index in [0.29, 0.717) is 23.4 Å². The number of nitrogens with zero attached hydrogens (tertiary/aromatic N) is 3. The first kappa shape index (κ1) is 21.6. The van der Waals surface area contributed by atoms with Crippen LogP contribution in [-0.2, 0) is 11.3 Å². The largest absolute Gasteiger partial charge is 0.378 e. The van der Waals surface area contributed by atoms with Gasteiger partial charge in [-0.25, -0.2) is 4.98 Å². The van der Waals surface area contributed by atoms with Crippen LogP contribution in [0.4, 0.5) is 11.4 Å². The topological polar surface area (TPSA) is 108 Å². The lowest BCUT2D eigenvalue weighted by molar-refractivity contribution is -0.116. The third-order valence-electron chi connectivity index (χ3n) is 4.48. The maximum Gasteiger partial charge on any atom is 0.269 e. The summed E-state index contributed by atoms with van der Waals surface area (Å²) in [5, 5.41) is 2.76. The molecule has 0 radical (unpaired) electrons. The standard InChI is InChI=1S/C22H24N6O3/c1-27(2)19-8-4-6-17(14-19)22(31)26-25-21(30)16-5-3-7-18(13-16)24-20(29)9-11-28-12-10-23-15-28/h3-8,10,12-15H,9,11H2,1-2H3,(H,24,29)(H,25,30)(H,26,31). The fourth-order valence-electron chi connectivity index (χ4n) is 2.79. The molecule has 2 aromatic carbocycles. The Morgan fingerprint density at radius 3 is 2.29 bits per heavy atom. The molecule has 160 valence electrons. The number of hydrogen-bond donors (Lipinski definition) is 3. The zero-order valence-corrected chi connectivity index (χ0v) is 17.3. The van der Waals surface area contributed by atoms with E-state index >= 15 is 0 Å². The molecule has 0 fully saturated rings. The molecule has 31 heavy (non-hydrogen) atoms. The van der Waals surface area contributed by atoms with Crippen LogP contribution in [0.5, 0.6) is 0 Å².